The minimum atomic E-state index is -1.27. The Morgan fingerprint density at radius 3 is 2.71 bits per heavy atom. The summed E-state index contributed by atoms with van der Waals surface area (Å²) in [7, 11) is 1.63. The second kappa shape index (κ2) is 5.61. The van der Waals surface area contributed by atoms with Gasteiger partial charge in [0, 0.05) is 36.8 Å². The summed E-state index contributed by atoms with van der Waals surface area (Å²) in [5, 5.41) is 15.4. The number of aromatic nitrogens is 3. The van der Waals surface area contributed by atoms with Crippen molar-refractivity contribution in [2.45, 2.75) is 13.0 Å². The van der Waals surface area contributed by atoms with E-state index in [4.69, 9.17) is 0 Å². The van der Waals surface area contributed by atoms with E-state index in [-0.39, 0.29) is 5.56 Å². The van der Waals surface area contributed by atoms with Gasteiger partial charge in [-0.05, 0) is 6.92 Å². The molecule has 1 unspecified atom stereocenters. The second-order valence-corrected chi connectivity index (χ2v) is 4.59. The number of hydrogen-bond donors (Lipinski definition) is 3. The first-order chi connectivity index (χ1) is 9.88. The Morgan fingerprint density at radius 2 is 2.19 bits per heavy atom. The second-order valence-electron chi connectivity index (χ2n) is 4.59. The number of aromatic amines is 1. The zero-order chi connectivity index (χ0) is 15.6. The average Bonchev–Trinajstić information content (AvgIpc) is 2.81. The number of H-pyrrole nitrogens is 1. The summed E-state index contributed by atoms with van der Waals surface area (Å²) in [6, 6.07) is 0.00119. The van der Waals surface area contributed by atoms with Gasteiger partial charge in [-0.25, -0.2) is 4.79 Å². The van der Waals surface area contributed by atoms with E-state index in [2.05, 4.69) is 15.4 Å². The molecule has 0 aliphatic carbocycles. The fourth-order valence-electron chi connectivity index (χ4n) is 1.84. The summed E-state index contributed by atoms with van der Waals surface area (Å²) in [6.07, 6.45) is 4.09. The van der Waals surface area contributed by atoms with Crippen molar-refractivity contribution in [3.8, 4) is 0 Å². The number of carbonyl (C=O) groups is 2. The Morgan fingerprint density at radius 1 is 1.48 bits per heavy atom. The van der Waals surface area contributed by atoms with Crippen LogP contribution in [0.1, 0.15) is 27.7 Å². The largest absolute Gasteiger partial charge is 0.479 e. The Bertz CT molecular complexity index is 747. The van der Waals surface area contributed by atoms with E-state index in [9.17, 15) is 19.5 Å². The SMILES string of the molecule is Cc1cc(=O)c(C(=O)NC(C(=O)O)c2cnn(C)c2)c[nH]1. The number of aliphatic carboxylic acids is 1. The summed E-state index contributed by atoms with van der Waals surface area (Å²) in [6.45, 7) is 1.68. The molecular formula is C13H14N4O4. The van der Waals surface area contributed by atoms with Gasteiger partial charge in [-0.15, -0.1) is 0 Å². The lowest BCUT2D eigenvalue weighted by molar-refractivity contribution is -0.139. The van der Waals surface area contributed by atoms with Gasteiger partial charge in [0.15, 0.2) is 11.5 Å². The van der Waals surface area contributed by atoms with Gasteiger partial charge in [0.1, 0.15) is 5.56 Å². The lowest BCUT2D eigenvalue weighted by Crippen LogP contribution is -2.36. The molecule has 0 spiro atoms. The number of carboxylic acid groups (broad SMARTS) is 1. The third-order valence-corrected chi connectivity index (χ3v) is 2.88. The number of carbonyl (C=O) groups excluding carboxylic acids is 1. The van der Waals surface area contributed by atoms with Gasteiger partial charge in [-0.3, -0.25) is 14.3 Å². The normalized spacial score (nSPS) is 11.9. The maximum Gasteiger partial charge on any atom is 0.331 e. The molecule has 0 saturated heterocycles. The highest BCUT2D eigenvalue weighted by Crippen LogP contribution is 2.12. The number of aryl methyl sites for hydroxylation is 2. The van der Waals surface area contributed by atoms with E-state index >= 15 is 0 Å². The number of amides is 1. The van der Waals surface area contributed by atoms with Crippen molar-refractivity contribution in [2.75, 3.05) is 0 Å². The number of rotatable bonds is 4. The number of carboxylic acids is 1. The molecule has 2 heterocycles. The Hall–Kier alpha value is -2.90. The Kier molecular flexibility index (Phi) is 3.88. The molecule has 1 amide bonds. The van der Waals surface area contributed by atoms with Crippen molar-refractivity contribution in [3.63, 3.8) is 0 Å². The van der Waals surface area contributed by atoms with Crippen LogP contribution in [0.5, 0.6) is 0 Å². The molecule has 0 saturated carbocycles. The smallest absolute Gasteiger partial charge is 0.331 e. The van der Waals surface area contributed by atoms with Gasteiger partial charge in [0.2, 0.25) is 0 Å². The van der Waals surface area contributed by atoms with Crippen LogP contribution in [-0.4, -0.2) is 31.7 Å². The van der Waals surface area contributed by atoms with Crippen molar-refractivity contribution >= 4 is 11.9 Å². The van der Waals surface area contributed by atoms with E-state index < -0.39 is 23.3 Å². The Balaban J connectivity index is 2.27. The lowest BCUT2D eigenvalue weighted by Gasteiger charge is -2.12. The monoisotopic (exact) mass is 290 g/mol. The summed E-state index contributed by atoms with van der Waals surface area (Å²) in [5.74, 6) is -1.99. The summed E-state index contributed by atoms with van der Waals surface area (Å²) in [5.41, 5.74) is 0.315. The van der Waals surface area contributed by atoms with Gasteiger partial charge in [0.25, 0.3) is 5.91 Å². The number of nitrogens with one attached hydrogen (secondary N) is 2. The lowest BCUT2D eigenvalue weighted by atomic mass is 10.1. The van der Waals surface area contributed by atoms with Crippen LogP contribution in [0.25, 0.3) is 0 Å². The highest BCUT2D eigenvalue weighted by Gasteiger charge is 2.24. The van der Waals surface area contributed by atoms with Gasteiger partial charge in [-0.2, -0.15) is 5.10 Å². The first kappa shape index (κ1) is 14.5. The molecule has 0 bridgehead atoms. The molecule has 2 aromatic rings. The molecule has 8 nitrogen and oxygen atoms in total. The van der Waals surface area contributed by atoms with Crippen LogP contribution < -0.4 is 10.7 Å². The van der Waals surface area contributed by atoms with Gasteiger partial charge in [-0.1, -0.05) is 0 Å². The third-order valence-electron chi connectivity index (χ3n) is 2.88. The molecule has 0 aromatic carbocycles. The summed E-state index contributed by atoms with van der Waals surface area (Å²) >= 11 is 0. The number of pyridine rings is 1. The molecular weight excluding hydrogens is 276 g/mol. The van der Waals surface area contributed by atoms with Crippen LogP contribution in [-0.2, 0) is 11.8 Å². The van der Waals surface area contributed by atoms with Crippen LogP contribution in [0.15, 0.2) is 29.5 Å². The highest BCUT2D eigenvalue weighted by atomic mass is 16.4. The molecule has 3 N–H and O–H groups in total. The predicted molar refractivity (Wildman–Crippen MR) is 72.9 cm³/mol. The first-order valence-electron chi connectivity index (χ1n) is 6.10. The third kappa shape index (κ3) is 3.16. The zero-order valence-corrected chi connectivity index (χ0v) is 11.5. The Labute approximate surface area is 119 Å². The minimum absolute atomic E-state index is 0.143. The molecule has 8 heteroatoms. The fraction of sp³-hybridized carbons (Fsp3) is 0.231. The molecule has 2 rings (SSSR count). The predicted octanol–water partition coefficient (Wildman–Crippen LogP) is -0.0275. The van der Waals surface area contributed by atoms with E-state index in [0.29, 0.717) is 11.3 Å². The van der Waals surface area contributed by atoms with Crippen LogP contribution in [0.3, 0.4) is 0 Å². The zero-order valence-electron chi connectivity index (χ0n) is 11.5. The minimum Gasteiger partial charge on any atom is -0.479 e. The van der Waals surface area contributed by atoms with Crippen molar-refractivity contribution < 1.29 is 14.7 Å². The standard InChI is InChI=1S/C13H14N4O4/c1-7-3-10(18)9(5-14-7)12(19)16-11(13(20)21)8-4-15-17(2)6-8/h3-6,11H,1-2H3,(H,14,18)(H,16,19)(H,20,21). The molecule has 110 valence electrons. The summed E-state index contributed by atoms with van der Waals surface area (Å²) in [4.78, 5) is 37.8. The highest BCUT2D eigenvalue weighted by molar-refractivity contribution is 5.96. The fourth-order valence-corrected chi connectivity index (χ4v) is 1.84. The van der Waals surface area contributed by atoms with Crippen molar-refractivity contribution in [3.05, 3.63) is 51.7 Å². The van der Waals surface area contributed by atoms with Crippen molar-refractivity contribution in [2.24, 2.45) is 7.05 Å². The van der Waals surface area contributed by atoms with E-state index in [1.54, 1.807) is 14.0 Å². The molecule has 0 radical (unpaired) electrons. The van der Waals surface area contributed by atoms with Crippen LogP contribution in [0.2, 0.25) is 0 Å². The van der Waals surface area contributed by atoms with Crippen LogP contribution in [0.4, 0.5) is 0 Å². The average molecular weight is 290 g/mol. The molecule has 0 aliphatic heterocycles. The number of nitrogens with zero attached hydrogens (tertiary/aromatic N) is 2. The molecule has 1 atom stereocenters. The maximum atomic E-state index is 12.1. The maximum absolute atomic E-state index is 12.1. The molecule has 21 heavy (non-hydrogen) atoms. The van der Waals surface area contributed by atoms with Crippen LogP contribution in [0, 0.1) is 6.92 Å². The molecule has 0 aliphatic rings. The molecule has 2 aromatic heterocycles. The van der Waals surface area contributed by atoms with E-state index in [1.165, 1.54) is 29.3 Å². The van der Waals surface area contributed by atoms with E-state index in [1.807, 2.05) is 0 Å². The van der Waals surface area contributed by atoms with E-state index in [0.717, 1.165) is 0 Å². The topological polar surface area (TPSA) is 117 Å². The quantitative estimate of drug-likeness (QED) is 0.731. The van der Waals surface area contributed by atoms with Gasteiger partial charge in [0.05, 0.1) is 6.20 Å². The van der Waals surface area contributed by atoms with Gasteiger partial charge >= 0.3 is 5.97 Å². The number of hydrogen-bond acceptors (Lipinski definition) is 4. The summed E-state index contributed by atoms with van der Waals surface area (Å²) < 4.78 is 1.43. The van der Waals surface area contributed by atoms with Crippen LogP contribution >= 0.6 is 0 Å². The first-order valence-corrected chi connectivity index (χ1v) is 6.10. The molecule has 0 fully saturated rings. The van der Waals surface area contributed by atoms with Gasteiger partial charge < -0.3 is 15.4 Å². The van der Waals surface area contributed by atoms with Crippen molar-refractivity contribution in [1.29, 1.82) is 0 Å². The van der Waals surface area contributed by atoms with Crippen molar-refractivity contribution in [1.82, 2.24) is 20.1 Å².